The van der Waals surface area contributed by atoms with Crippen molar-refractivity contribution in [2.75, 3.05) is 30.9 Å². The van der Waals surface area contributed by atoms with Crippen LogP contribution in [0, 0.1) is 0 Å². The van der Waals surface area contributed by atoms with Crippen LogP contribution in [0.5, 0.6) is 5.75 Å². The van der Waals surface area contributed by atoms with Gasteiger partial charge in [0.2, 0.25) is 5.75 Å². The van der Waals surface area contributed by atoms with Gasteiger partial charge in [-0.1, -0.05) is 18.2 Å². The average molecular weight is 258 g/mol. The Kier molecular flexibility index (Phi) is 4.18. The Bertz CT molecular complexity index is 530. The largest absolute Gasteiger partial charge is 0.490 e. The molecule has 19 heavy (non-hydrogen) atoms. The summed E-state index contributed by atoms with van der Waals surface area (Å²) in [6.07, 6.45) is 1.54. The Labute approximate surface area is 113 Å². The van der Waals surface area contributed by atoms with E-state index in [1.165, 1.54) is 6.33 Å². The first-order valence-electron chi connectivity index (χ1n) is 6.21. The van der Waals surface area contributed by atoms with E-state index in [4.69, 9.17) is 4.74 Å². The Morgan fingerprint density at radius 1 is 1.21 bits per heavy atom. The summed E-state index contributed by atoms with van der Waals surface area (Å²) in [5.41, 5.74) is 1.07. The second-order valence-corrected chi connectivity index (χ2v) is 3.91. The minimum Gasteiger partial charge on any atom is -0.490 e. The average Bonchev–Trinajstić information content (AvgIpc) is 2.48. The van der Waals surface area contributed by atoms with Gasteiger partial charge < -0.3 is 15.0 Å². The number of para-hydroxylation sites is 1. The third-order valence-corrected chi connectivity index (χ3v) is 2.87. The van der Waals surface area contributed by atoms with Crippen molar-refractivity contribution in [1.29, 1.82) is 0 Å². The Hall–Kier alpha value is -2.30. The van der Waals surface area contributed by atoms with E-state index < -0.39 is 0 Å². The lowest BCUT2D eigenvalue weighted by molar-refractivity contribution is 0.413. The van der Waals surface area contributed by atoms with Crippen molar-refractivity contribution >= 4 is 17.3 Å². The number of hydrogen-bond acceptors (Lipinski definition) is 5. The molecule has 0 saturated heterocycles. The van der Waals surface area contributed by atoms with Crippen molar-refractivity contribution in [2.24, 2.45) is 0 Å². The molecule has 1 aromatic heterocycles. The lowest BCUT2D eigenvalue weighted by atomic mass is 10.2. The Balaban J connectivity index is 2.50. The smallest absolute Gasteiger partial charge is 0.204 e. The van der Waals surface area contributed by atoms with E-state index in [1.54, 1.807) is 7.11 Å². The maximum Gasteiger partial charge on any atom is 0.204 e. The molecule has 0 fully saturated rings. The highest BCUT2D eigenvalue weighted by atomic mass is 16.5. The summed E-state index contributed by atoms with van der Waals surface area (Å²) >= 11 is 0. The molecule has 2 rings (SSSR count). The summed E-state index contributed by atoms with van der Waals surface area (Å²) in [4.78, 5) is 10.6. The van der Waals surface area contributed by atoms with Crippen LogP contribution < -0.4 is 15.0 Å². The van der Waals surface area contributed by atoms with Crippen LogP contribution in [-0.4, -0.2) is 30.7 Å². The van der Waals surface area contributed by atoms with Gasteiger partial charge in [0.15, 0.2) is 11.6 Å². The molecule has 0 aliphatic rings. The van der Waals surface area contributed by atoms with Gasteiger partial charge in [0.05, 0.1) is 7.11 Å². The van der Waals surface area contributed by atoms with E-state index >= 15 is 0 Å². The molecule has 1 aromatic carbocycles. The molecule has 0 spiro atoms. The quantitative estimate of drug-likeness (QED) is 0.893. The fourth-order valence-electron chi connectivity index (χ4n) is 1.99. The molecule has 100 valence electrons. The van der Waals surface area contributed by atoms with Gasteiger partial charge in [0, 0.05) is 19.3 Å². The van der Waals surface area contributed by atoms with E-state index in [9.17, 15) is 0 Å². The molecule has 0 aliphatic carbocycles. The zero-order valence-corrected chi connectivity index (χ0v) is 11.4. The molecule has 0 atom stereocenters. The number of nitrogens with one attached hydrogen (secondary N) is 1. The fourth-order valence-corrected chi connectivity index (χ4v) is 1.99. The molecule has 2 aromatic rings. The SMILES string of the molecule is CCN(c1ccccc1)c1ncnc(NC)c1OC. The summed E-state index contributed by atoms with van der Waals surface area (Å²) in [5, 5.41) is 3.01. The molecule has 5 heteroatoms. The van der Waals surface area contributed by atoms with Gasteiger partial charge in [-0.2, -0.15) is 0 Å². The highest BCUT2D eigenvalue weighted by molar-refractivity contribution is 5.71. The second kappa shape index (κ2) is 6.04. The van der Waals surface area contributed by atoms with E-state index in [-0.39, 0.29) is 0 Å². The van der Waals surface area contributed by atoms with Gasteiger partial charge in [0.1, 0.15) is 6.33 Å². The topological polar surface area (TPSA) is 50.3 Å². The molecule has 0 amide bonds. The van der Waals surface area contributed by atoms with Crippen LogP contribution in [0.1, 0.15) is 6.92 Å². The van der Waals surface area contributed by atoms with Gasteiger partial charge in [-0.05, 0) is 19.1 Å². The minimum atomic E-state index is 0.649. The molecule has 0 unspecified atom stereocenters. The maximum atomic E-state index is 5.44. The van der Waals surface area contributed by atoms with Gasteiger partial charge in [-0.15, -0.1) is 0 Å². The van der Waals surface area contributed by atoms with Crippen LogP contribution in [0.2, 0.25) is 0 Å². The number of anilines is 3. The van der Waals surface area contributed by atoms with Crippen molar-refractivity contribution < 1.29 is 4.74 Å². The number of aromatic nitrogens is 2. The summed E-state index contributed by atoms with van der Waals surface area (Å²) in [6, 6.07) is 10.1. The van der Waals surface area contributed by atoms with Crippen molar-refractivity contribution in [1.82, 2.24) is 9.97 Å². The summed E-state index contributed by atoms with van der Waals surface area (Å²) < 4.78 is 5.44. The van der Waals surface area contributed by atoms with Gasteiger partial charge in [0.25, 0.3) is 0 Å². The lowest BCUT2D eigenvalue weighted by Gasteiger charge is -2.24. The van der Waals surface area contributed by atoms with E-state index in [0.717, 1.165) is 18.1 Å². The van der Waals surface area contributed by atoms with Crippen LogP contribution in [0.15, 0.2) is 36.7 Å². The van der Waals surface area contributed by atoms with Gasteiger partial charge in [-0.25, -0.2) is 9.97 Å². The van der Waals surface area contributed by atoms with E-state index in [0.29, 0.717) is 11.6 Å². The predicted octanol–water partition coefficient (Wildman–Crippen LogP) is 2.68. The second-order valence-electron chi connectivity index (χ2n) is 3.91. The molecule has 0 radical (unpaired) electrons. The Morgan fingerprint density at radius 3 is 2.53 bits per heavy atom. The lowest BCUT2D eigenvalue weighted by Crippen LogP contribution is -2.19. The standard InChI is InChI=1S/C14H18N4O/c1-4-18(11-8-6-5-7-9-11)14-12(19-3)13(15-2)16-10-17-14/h5-10H,4H2,1-3H3,(H,15,16,17). The first-order chi connectivity index (χ1) is 9.31. The summed E-state index contributed by atoms with van der Waals surface area (Å²) in [5.74, 6) is 2.09. The van der Waals surface area contributed by atoms with Gasteiger partial charge >= 0.3 is 0 Å². The van der Waals surface area contributed by atoms with Crippen LogP contribution in [0.4, 0.5) is 17.3 Å². The number of nitrogens with zero attached hydrogens (tertiary/aromatic N) is 3. The number of rotatable bonds is 5. The van der Waals surface area contributed by atoms with Crippen LogP contribution in [0.25, 0.3) is 0 Å². The highest BCUT2D eigenvalue weighted by Crippen LogP contribution is 2.35. The fraction of sp³-hybridized carbons (Fsp3) is 0.286. The summed E-state index contributed by atoms with van der Waals surface area (Å²) in [6.45, 7) is 2.87. The number of methoxy groups -OCH3 is 1. The monoisotopic (exact) mass is 258 g/mol. The third-order valence-electron chi connectivity index (χ3n) is 2.87. The molecule has 0 aliphatic heterocycles. The molecule has 1 N–H and O–H groups in total. The normalized spacial score (nSPS) is 10.1. The van der Waals surface area contributed by atoms with Crippen LogP contribution >= 0.6 is 0 Å². The maximum absolute atomic E-state index is 5.44. The van der Waals surface area contributed by atoms with Crippen molar-refractivity contribution in [2.45, 2.75) is 6.92 Å². The van der Waals surface area contributed by atoms with Crippen molar-refractivity contribution in [3.05, 3.63) is 36.7 Å². The molecule has 5 nitrogen and oxygen atoms in total. The highest BCUT2D eigenvalue weighted by Gasteiger charge is 2.17. The third kappa shape index (κ3) is 2.59. The predicted molar refractivity (Wildman–Crippen MR) is 77.3 cm³/mol. The molecular weight excluding hydrogens is 240 g/mol. The molecule has 0 saturated carbocycles. The number of hydrogen-bond donors (Lipinski definition) is 1. The Morgan fingerprint density at radius 2 is 1.95 bits per heavy atom. The molecule has 0 bridgehead atoms. The molecule has 1 heterocycles. The minimum absolute atomic E-state index is 0.649. The van der Waals surface area contributed by atoms with Crippen molar-refractivity contribution in [3.63, 3.8) is 0 Å². The first-order valence-corrected chi connectivity index (χ1v) is 6.21. The molecular formula is C14H18N4O. The van der Waals surface area contributed by atoms with Crippen LogP contribution in [0.3, 0.4) is 0 Å². The van der Waals surface area contributed by atoms with E-state index in [1.807, 2.05) is 37.4 Å². The zero-order valence-electron chi connectivity index (χ0n) is 11.4. The van der Waals surface area contributed by atoms with Crippen LogP contribution in [-0.2, 0) is 0 Å². The van der Waals surface area contributed by atoms with Gasteiger partial charge in [-0.3, -0.25) is 0 Å². The first kappa shape index (κ1) is 13.1. The van der Waals surface area contributed by atoms with E-state index in [2.05, 4.69) is 27.1 Å². The number of ether oxygens (including phenoxy) is 1. The summed E-state index contributed by atoms with van der Waals surface area (Å²) in [7, 11) is 3.44. The van der Waals surface area contributed by atoms with Crippen molar-refractivity contribution in [3.8, 4) is 5.75 Å². The zero-order chi connectivity index (χ0) is 13.7. The number of benzene rings is 1.